The standard InChI is InChI=1S/C27H27N7/c1-2-7-18(8-3-1)31-23-11-17(9-10-30-23)26-32-22-15-29-12-19(16-5-4-6-16)24(22)27(34-26)33-25-20-13-28-14-21(20)25/h1-3,7-12,15-16,20-21,25,28H,4-6,13-14H2,(H,30,31)(H,32,33,34)/t20-,21?,25?/m0/s1. The minimum atomic E-state index is 0.488. The maximum Gasteiger partial charge on any atom is 0.162 e. The first kappa shape index (κ1) is 19.9. The minimum absolute atomic E-state index is 0.488. The van der Waals surface area contributed by atoms with E-state index < -0.39 is 0 Å². The van der Waals surface area contributed by atoms with Gasteiger partial charge in [0.1, 0.15) is 11.6 Å². The molecule has 3 aliphatic rings. The monoisotopic (exact) mass is 449 g/mol. The summed E-state index contributed by atoms with van der Waals surface area (Å²) >= 11 is 0. The Balaban J connectivity index is 1.29. The fourth-order valence-electron chi connectivity index (χ4n) is 5.47. The van der Waals surface area contributed by atoms with Crippen molar-refractivity contribution < 1.29 is 0 Å². The molecule has 3 fully saturated rings. The highest BCUT2D eigenvalue weighted by atomic mass is 15.1. The Morgan fingerprint density at radius 3 is 2.59 bits per heavy atom. The van der Waals surface area contributed by atoms with Gasteiger partial charge in [0.05, 0.1) is 11.7 Å². The van der Waals surface area contributed by atoms with E-state index in [2.05, 4.69) is 25.9 Å². The number of piperidine rings is 1. The molecule has 34 heavy (non-hydrogen) atoms. The zero-order chi connectivity index (χ0) is 22.5. The van der Waals surface area contributed by atoms with Crippen LogP contribution in [0.4, 0.5) is 17.3 Å². The molecule has 2 aliphatic carbocycles. The van der Waals surface area contributed by atoms with Crippen molar-refractivity contribution in [1.29, 1.82) is 0 Å². The third-order valence-electron chi connectivity index (χ3n) is 7.64. The van der Waals surface area contributed by atoms with E-state index in [4.69, 9.17) is 9.97 Å². The minimum Gasteiger partial charge on any atom is -0.366 e. The Labute approximate surface area is 198 Å². The highest BCUT2D eigenvalue weighted by molar-refractivity contribution is 5.93. The van der Waals surface area contributed by atoms with E-state index in [-0.39, 0.29) is 0 Å². The molecule has 170 valence electrons. The van der Waals surface area contributed by atoms with E-state index in [1.54, 1.807) is 6.20 Å². The van der Waals surface area contributed by atoms with E-state index in [0.717, 1.165) is 46.9 Å². The third-order valence-corrected chi connectivity index (χ3v) is 7.64. The van der Waals surface area contributed by atoms with Crippen molar-refractivity contribution in [3.63, 3.8) is 0 Å². The van der Waals surface area contributed by atoms with Crippen LogP contribution in [0.1, 0.15) is 30.7 Å². The maximum absolute atomic E-state index is 5.10. The molecular formula is C27H27N7. The van der Waals surface area contributed by atoms with Crippen LogP contribution in [0.2, 0.25) is 0 Å². The van der Waals surface area contributed by atoms with Crippen LogP contribution in [-0.4, -0.2) is 39.1 Å². The summed E-state index contributed by atoms with van der Waals surface area (Å²) in [4.78, 5) is 19.1. The average Bonchev–Trinajstić information content (AvgIpc) is 3.23. The van der Waals surface area contributed by atoms with Crippen molar-refractivity contribution in [3.05, 3.63) is 66.6 Å². The summed E-state index contributed by atoms with van der Waals surface area (Å²) < 4.78 is 0. The van der Waals surface area contributed by atoms with Gasteiger partial charge in [-0.3, -0.25) is 4.98 Å². The fraction of sp³-hybridized carbons (Fsp3) is 0.333. The van der Waals surface area contributed by atoms with Gasteiger partial charge in [0.25, 0.3) is 0 Å². The number of pyridine rings is 2. The molecule has 0 amide bonds. The summed E-state index contributed by atoms with van der Waals surface area (Å²) in [5, 5.41) is 11.8. The number of hydrogen-bond donors (Lipinski definition) is 3. The molecule has 3 aromatic heterocycles. The number of rotatable bonds is 6. The number of anilines is 3. The van der Waals surface area contributed by atoms with Gasteiger partial charge in [-0.05, 0) is 60.4 Å². The van der Waals surface area contributed by atoms with Crippen molar-refractivity contribution in [1.82, 2.24) is 25.3 Å². The number of para-hydroxylation sites is 1. The summed E-state index contributed by atoms with van der Waals surface area (Å²) in [5.41, 5.74) is 4.14. The van der Waals surface area contributed by atoms with E-state index >= 15 is 0 Å². The van der Waals surface area contributed by atoms with Crippen LogP contribution in [-0.2, 0) is 0 Å². The molecule has 2 unspecified atom stereocenters. The highest BCUT2D eigenvalue weighted by Gasteiger charge is 2.53. The molecule has 7 heteroatoms. The Kier molecular flexibility index (Phi) is 4.68. The lowest BCUT2D eigenvalue weighted by Gasteiger charge is -2.27. The Hall–Kier alpha value is -3.58. The van der Waals surface area contributed by atoms with Crippen LogP contribution >= 0.6 is 0 Å². The predicted molar refractivity (Wildman–Crippen MR) is 134 cm³/mol. The maximum atomic E-state index is 5.10. The first-order valence-corrected chi connectivity index (χ1v) is 12.2. The molecule has 7 nitrogen and oxygen atoms in total. The van der Waals surface area contributed by atoms with Crippen molar-refractivity contribution in [2.75, 3.05) is 23.7 Å². The number of hydrogen-bond acceptors (Lipinski definition) is 7. The molecule has 1 aliphatic heterocycles. The lowest BCUT2D eigenvalue weighted by atomic mass is 9.79. The van der Waals surface area contributed by atoms with Crippen LogP contribution in [0.15, 0.2) is 61.1 Å². The lowest BCUT2D eigenvalue weighted by Crippen LogP contribution is -2.22. The number of benzene rings is 1. The van der Waals surface area contributed by atoms with Crippen molar-refractivity contribution in [3.8, 4) is 11.4 Å². The molecule has 1 saturated heterocycles. The molecule has 0 bridgehead atoms. The third kappa shape index (κ3) is 3.47. The number of fused-ring (bicyclic) bond motifs is 2. The van der Waals surface area contributed by atoms with Crippen molar-refractivity contribution in [2.45, 2.75) is 31.2 Å². The van der Waals surface area contributed by atoms with Crippen LogP contribution in [0.25, 0.3) is 22.3 Å². The molecule has 7 rings (SSSR count). The number of aromatic nitrogens is 4. The number of nitrogens with one attached hydrogen (secondary N) is 3. The van der Waals surface area contributed by atoms with Crippen LogP contribution in [0.5, 0.6) is 0 Å². The van der Waals surface area contributed by atoms with Crippen LogP contribution < -0.4 is 16.0 Å². The highest BCUT2D eigenvalue weighted by Crippen LogP contribution is 2.46. The average molecular weight is 450 g/mol. The van der Waals surface area contributed by atoms with E-state index in [1.807, 2.05) is 54.9 Å². The van der Waals surface area contributed by atoms with Crippen molar-refractivity contribution in [2.24, 2.45) is 11.8 Å². The van der Waals surface area contributed by atoms with Gasteiger partial charge < -0.3 is 16.0 Å². The van der Waals surface area contributed by atoms with E-state index in [0.29, 0.717) is 29.6 Å². The van der Waals surface area contributed by atoms with Gasteiger partial charge in [-0.15, -0.1) is 0 Å². The quantitative estimate of drug-likeness (QED) is 0.392. The molecule has 0 radical (unpaired) electrons. The second-order valence-electron chi connectivity index (χ2n) is 9.72. The van der Waals surface area contributed by atoms with Gasteiger partial charge in [0.2, 0.25) is 0 Å². The predicted octanol–water partition coefficient (Wildman–Crippen LogP) is 4.73. The fourth-order valence-corrected chi connectivity index (χ4v) is 5.47. The van der Waals surface area contributed by atoms with Gasteiger partial charge in [-0.2, -0.15) is 0 Å². The second kappa shape index (κ2) is 8.02. The molecule has 1 aromatic carbocycles. The first-order valence-electron chi connectivity index (χ1n) is 12.2. The van der Waals surface area contributed by atoms with E-state index in [1.165, 1.54) is 24.8 Å². The molecular weight excluding hydrogens is 422 g/mol. The smallest absolute Gasteiger partial charge is 0.162 e. The first-order chi connectivity index (χ1) is 16.8. The molecule has 3 atom stereocenters. The summed E-state index contributed by atoms with van der Waals surface area (Å²) in [6, 6.07) is 14.5. The van der Waals surface area contributed by atoms with Crippen LogP contribution in [0.3, 0.4) is 0 Å². The van der Waals surface area contributed by atoms with Gasteiger partial charge in [-0.1, -0.05) is 24.6 Å². The summed E-state index contributed by atoms with van der Waals surface area (Å²) in [6.07, 6.45) is 9.45. The molecule has 4 heterocycles. The summed E-state index contributed by atoms with van der Waals surface area (Å²) in [6.45, 7) is 2.18. The van der Waals surface area contributed by atoms with Crippen molar-refractivity contribution >= 4 is 28.2 Å². The largest absolute Gasteiger partial charge is 0.366 e. The molecule has 4 aromatic rings. The van der Waals surface area contributed by atoms with Gasteiger partial charge >= 0.3 is 0 Å². The zero-order valence-electron chi connectivity index (χ0n) is 18.9. The molecule has 2 saturated carbocycles. The van der Waals surface area contributed by atoms with E-state index in [9.17, 15) is 0 Å². The Bertz CT molecular complexity index is 1340. The molecule has 0 spiro atoms. The second-order valence-corrected chi connectivity index (χ2v) is 9.72. The van der Waals surface area contributed by atoms with Crippen LogP contribution in [0, 0.1) is 11.8 Å². The summed E-state index contributed by atoms with van der Waals surface area (Å²) in [5.74, 6) is 4.39. The van der Waals surface area contributed by atoms with Gasteiger partial charge in [-0.25, -0.2) is 15.0 Å². The summed E-state index contributed by atoms with van der Waals surface area (Å²) in [7, 11) is 0. The Morgan fingerprint density at radius 2 is 1.79 bits per heavy atom. The zero-order valence-corrected chi connectivity index (χ0v) is 18.9. The van der Waals surface area contributed by atoms with Gasteiger partial charge in [0, 0.05) is 48.2 Å². The Morgan fingerprint density at radius 1 is 0.941 bits per heavy atom. The normalized spacial score (nSPS) is 23.4. The lowest BCUT2D eigenvalue weighted by molar-refractivity contribution is 0.421. The van der Waals surface area contributed by atoms with Gasteiger partial charge in [0.15, 0.2) is 5.82 Å². The molecule has 3 N–H and O–H groups in total. The number of nitrogens with zero attached hydrogens (tertiary/aromatic N) is 4. The topological polar surface area (TPSA) is 87.7 Å². The SMILES string of the molecule is c1ccc(Nc2cc(-c3nc(NC4C5CNC[C@@H]54)c4c(C5CCC5)cncc4n3)ccn2)cc1.